The van der Waals surface area contributed by atoms with Gasteiger partial charge in [0.15, 0.2) is 0 Å². The Balaban J connectivity index is 2.63. The number of hydrogen-bond acceptors (Lipinski definition) is 1. The van der Waals surface area contributed by atoms with Crippen molar-refractivity contribution in [1.82, 2.24) is 0 Å². The SMILES string of the molecule is BrC1=CC(Br)CN=C1. The maximum absolute atomic E-state index is 4.05. The van der Waals surface area contributed by atoms with E-state index in [2.05, 4.69) is 42.9 Å². The van der Waals surface area contributed by atoms with Crippen LogP contribution in [0.25, 0.3) is 0 Å². The van der Waals surface area contributed by atoms with E-state index in [4.69, 9.17) is 0 Å². The van der Waals surface area contributed by atoms with Crippen LogP contribution < -0.4 is 0 Å². The summed E-state index contributed by atoms with van der Waals surface area (Å²) in [6, 6.07) is 0. The molecule has 0 aromatic carbocycles. The Bertz CT molecular complexity index is 139. The highest BCUT2D eigenvalue weighted by Crippen LogP contribution is 2.13. The van der Waals surface area contributed by atoms with Crippen LogP contribution in [0.1, 0.15) is 0 Å². The molecule has 1 heterocycles. The van der Waals surface area contributed by atoms with E-state index < -0.39 is 0 Å². The number of rotatable bonds is 0. The molecule has 0 radical (unpaired) electrons. The Morgan fingerprint density at radius 1 is 1.75 bits per heavy atom. The lowest BCUT2D eigenvalue weighted by Gasteiger charge is -2.03. The summed E-state index contributed by atoms with van der Waals surface area (Å²) in [5, 5.41) is 0. The topological polar surface area (TPSA) is 12.4 Å². The van der Waals surface area contributed by atoms with Crippen LogP contribution >= 0.6 is 31.9 Å². The number of dihydropyridines is 1. The van der Waals surface area contributed by atoms with Gasteiger partial charge in [0, 0.05) is 10.7 Å². The van der Waals surface area contributed by atoms with Crippen molar-refractivity contribution in [3.63, 3.8) is 0 Å². The molecule has 44 valence electrons. The van der Waals surface area contributed by atoms with Crippen LogP contribution in [0.3, 0.4) is 0 Å². The van der Waals surface area contributed by atoms with Crippen molar-refractivity contribution < 1.29 is 0 Å². The number of allylic oxidation sites excluding steroid dienone is 1. The maximum Gasteiger partial charge on any atom is 0.0550 e. The predicted molar refractivity (Wildman–Crippen MR) is 43.1 cm³/mol. The first kappa shape index (κ1) is 6.49. The summed E-state index contributed by atoms with van der Waals surface area (Å²) >= 11 is 6.72. The van der Waals surface area contributed by atoms with Gasteiger partial charge in [-0.1, -0.05) is 22.0 Å². The smallest absolute Gasteiger partial charge is 0.0550 e. The molecule has 0 spiro atoms. The highest BCUT2D eigenvalue weighted by molar-refractivity contribution is 9.12. The van der Waals surface area contributed by atoms with E-state index >= 15 is 0 Å². The molecule has 0 amide bonds. The van der Waals surface area contributed by atoms with Crippen LogP contribution in [0.15, 0.2) is 15.6 Å². The summed E-state index contributed by atoms with van der Waals surface area (Å²) in [4.78, 5) is 4.47. The molecule has 1 atom stereocenters. The molecule has 1 aliphatic rings. The van der Waals surface area contributed by atoms with Gasteiger partial charge < -0.3 is 0 Å². The van der Waals surface area contributed by atoms with E-state index in [1.165, 1.54) is 0 Å². The first-order valence-electron chi connectivity index (χ1n) is 2.30. The molecule has 1 nitrogen and oxygen atoms in total. The van der Waals surface area contributed by atoms with E-state index in [0.717, 1.165) is 11.0 Å². The Morgan fingerprint density at radius 2 is 2.50 bits per heavy atom. The normalized spacial score (nSPS) is 27.8. The zero-order valence-electron chi connectivity index (χ0n) is 4.14. The summed E-state index contributed by atoms with van der Waals surface area (Å²) in [5.74, 6) is 0. The van der Waals surface area contributed by atoms with Gasteiger partial charge >= 0.3 is 0 Å². The van der Waals surface area contributed by atoms with Crippen LogP contribution in [0, 0.1) is 0 Å². The zero-order chi connectivity index (χ0) is 5.98. The Hall–Kier alpha value is 0.370. The van der Waals surface area contributed by atoms with Crippen molar-refractivity contribution in [2.45, 2.75) is 4.83 Å². The summed E-state index contributed by atoms with van der Waals surface area (Å²) in [6.45, 7) is 0.856. The number of hydrogen-bond donors (Lipinski definition) is 0. The molecule has 0 aromatic heterocycles. The second-order valence-electron chi connectivity index (χ2n) is 1.56. The monoisotopic (exact) mass is 237 g/mol. The van der Waals surface area contributed by atoms with Gasteiger partial charge in [0.1, 0.15) is 0 Å². The summed E-state index contributed by atoms with van der Waals surface area (Å²) in [7, 11) is 0. The largest absolute Gasteiger partial charge is 0.291 e. The predicted octanol–water partition coefficient (Wildman–Crippen LogP) is 2.11. The van der Waals surface area contributed by atoms with Gasteiger partial charge in [0.2, 0.25) is 0 Å². The molecule has 3 heteroatoms. The standard InChI is InChI=1S/C5H5Br2N/c6-4-1-5(7)3-8-2-4/h1-2,5H,3H2. The lowest BCUT2D eigenvalue weighted by Crippen LogP contribution is -2.03. The molecular weight excluding hydrogens is 234 g/mol. The van der Waals surface area contributed by atoms with Crippen molar-refractivity contribution in [3.05, 3.63) is 10.6 Å². The van der Waals surface area contributed by atoms with Gasteiger partial charge in [0.05, 0.1) is 11.4 Å². The molecule has 1 aliphatic heterocycles. The minimum atomic E-state index is 0.418. The van der Waals surface area contributed by atoms with Crippen LogP contribution in [0.4, 0.5) is 0 Å². The Kier molecular flexibility index (Phi) is 2.26. The summed E-state index contributed by atoms with van der Waals surface area (Å²) in [6.07, 6.45) is 3.89. The molecule has 0 saturated carbocycles. The molecule has 0 N–H and O–H groups in total. The molecular formula is C5H5Br2N. The van der Waals surface area contributed by atoms with Crippen molar-refractivity contribution in [2.75, 3.05) is 6.54 Å². The van der Waals surface area contributed by atoms with Gasteiger partial charge in [0.25, 0.3) is 0 Å². The average Bonchev–Trinajstić information content (AvgIpc) is 1.64. The third-order valence-corrected chi connectivity index (χ3v) is 1.86. The van der Waals surface area contributed by atoms with E-state index in [9.17, 15) is 0 Å². The lowest BCUT2D eigenvalue weighted by atomic mass is 10.3. The van der Waals surface area contributed by atoms with E-state index in [1.807, 2.05) is 6.21 Å². The third-order valence-electron chi connectivity index (χ3n) is 0.835. The molecule has 1 unspecified atom stereocenters. The number of aliphatic imine (C=N–C) groups is 1. The lowest BCUT2D eigenvalue weighted by molar-refractivity contribution is 1.03. The fourth-order valence-electron chi connectivity index (χ4n) is 0.509. The molecule has 0 aliphatic carbocycles. The molecule has 0 aromatic rings. The Labute approximate surface area is 65.1 Å². The molecule has 1 rings (SSSR count). The van der Waals surface area contributed by atoms with E-state index in [0.29, 0.717) is 4.83 Å². The van der Waals surface area contributed by atoms with Crippen molar-refractivity contribution in [1.29, 1.82) is 0 Å². The molecule has 8 heavy (non-hydrogen) atoms. The van der Waals surface area contributed by atoms with Crippen molar-refractivity contribution in [2.24, 2.45) is 4.99 Å². The number of alkyl halides is 1. The third kappa shape index (κ3) is 1.71. The number of halogens is 2. The fourth-order valence-corrected chi connectivity index (χ4v) is 1.78. The minimum absolute atomic E-state index is 0.418. The maximum atomic E-state index is 4.05. The van der Waals surface area contributed by atoms with Gasteiger partial charge in [-0.3, -0.25) is 4.99 Å². The Morgan fingerprint density at radius 3 is 2.88 bits per heavy atom. The van der Waals surface area contributed by atoms with Crippen LogP contribution in [-0.4, -0.2) is 17.6 Å². The van der Waals surface area contributed by atoms with Gasteiger partial charge in [-0.15, -0.1) is 0 Å². The first-order chi connectivity index (χ1) is 3.79. The highest BCUT2D eigenvalue weighted by atomic mass is 79.9. The van der Waals surface area contributed by atoms with Crippen LogP contribution in [0.5, 0.6) is 0 Å². The highest BCUT2D eigenvalue weighted by Gasteiger charge is 2.02. The minimum Gasteiger partial charge on any atom is -0.291 e. The second-order valence-corrected chi connectivity index (χ2v) is 3.65. The summed E-state index contributed by atoms with van der Waals surface area (Å²) < 4.78 is 1.06. The first-order valence-corrected chi connectivity index (χ1v) is 4.01. The van der Waals surface area contributed by atoms with Crippen molar-refractivity contribution >= 4 is 38.1 Å². The van der Waals surface area contributed by atoms with Crippen LogP contribution in [0.2, 0.25) is 0 Å². The van der Waals surface area contributed by atoms with E-state index in [-0.39, 0.29) is 0 Å². The van der Waals surface area contributed by atoms with E-state index in [1.54, 1.807) is 0 Å². The second kappa shape index (κ2) is 2.78. The molecule has 0 bridgehead atoms. The molecule has 0 saturated heterocycles. The van der Waals surface area contributed by atoms with Crippen molar-refractivity contribution in [3.8, 4) is 0 Å². The van der Waals surface area contributed by atoms with Gasteiger partial charge in [-0.05, 0) is 15.9 Å². The average molecular weight is 239 g/mol. The quantitative estimate of drug-likeness (QED) is 0.574. The van der Waals surface area contributed by atoms with Gasteiger partial charge in [-0.25, -0.2) is 0 Å². The zero-order valence-corrected chi connectivity index (χ0v) is 7.31. The fraction of sp³-hybridized carbons (Fsp3) is 0.400. The number of nitrogens with zero attached hydrogens (tertiary/aromatic N) is 1. The summed E-state index contributed by atoms with van der Waals surface area (Å²) in [5.41, 5.74) is 0. The van der Waals surface area contributed by atoms with Gasteiger partial charge in [-0.2, -0.15) is 0 Å². The molecule has 0 fully saturated rings. The van der Waals surface area contributed by atoms with Crippen LogP contribution in [-0.2, 0) is 0 Å².